The predicted molar refractivity (Wildman–Crippen MR) is 112 cm³/mol. The zero-order valence-electron chi connectivity index (χ0n) is 18.9. The van der Waals surface area contributed by atoms with E-state index >= 15 is 0 Å². The molecule has 0 amide bonds. The van der Waals surface area contributed by atoms with Crippen molar-refractivity contribution in [3.05, 3.63) is 11.8 Å². The number of carbonyl (C=O) groups excluding carboxylic acids is 1. The molecule has 0 saturated heterocycles. The first-order valence-corrected chi connectivity index (χ1v) is 12.9. The molecule has 3 fully saturated rings. The van der Waals surface area contributed by atoms with Crippen LogP contribution in [-0.2, 0) is 19.1 Å². The van der Waals surface area contributed by atoms with Gasteiger partial charge in [0.25, 0.3) is 0 Å². The number of carbonyl (C=O) groups is 1. The van der Waals surface area contributed by atoms with E-state index in [1.165, 1.54) is 18.9 Å². The van der Waals surface area contributed by atoms with E-state index in [9.17, 15) is 26.4 Å². The van der Waals surface area contributed by atoms with Gasteiger partial charge in [-0.05, 0) is 55.4 Å². The van der Waals surface area contributed by atoms with Gasteiger partial charge in [-0.15, -0.1) is 0 Å². The average Bonchev–Trinajstić information content (AvgIpc) is 3.13. The molecular formula is C23H35F3O4S. The number of ketones is 1. The Morgan fingerprint density at radius 1 is 0.968 bits per heavy atom. The second-order valence-electron chi connectivity index (χ2n) is 10.5. The number of fused-ring (bicyclic) bond motifs is 2. The zero-order chi connectivity index (χ0) is 23.2. The van der Waals surface area contributed by atoms with Crippen LogP contribution in [0.15, 0.2) is 11.8 Å². The van der Waals surface area contributed by atoms with Gasteiger partial charge in [0.2, 0.25) is 0 Å². The van der Waals surface area contributed by atoms with Crippen LogP contribution in [0.4, 0.5) is 13.2 Å². The summed E-state index contributed by atoms with van der Waals surface area (Å²) in [5.41, 5.74) is -5.88. The fourth-order valence-electron chi connectivity index (χ4n) is 6.69. The number of allylic oxidation sites excluding steroid dienone is 2. The lowest BCUT2D eigenvalue weighted by molar-refractivity contribution is -0.128. The van der Waals surface area contributed by atoms with Gasteiger partial charge in [0.1, 0.15) is 11.5 Å². The molecule has 4 aliphatic rings. The van der Waals surface area contributed by atoms with Crippen molar-refractivity contribution in [1.29, 1.82) is 0 Å². The van der Waals surface area contributed by atoms with Crippen LogP contribution in [0, 0.1) is 34.5 Å². The first-order valence-electron chi connectivity index (χ1n) is 11.5. The number of alkyl halides is 3. The highest BCUT2D eigenvalue weighted by Crippen LogP contribution is 2.55. The summed E-state index contributed by atoms with van der Waals surface area (Å²) >= 11 is 0. The summed E-state index contributed by atoms with van der Waals surface area (Å²) in [6.07, 6.45) is 10.4. The summed E-state index contributed by atoms with van der Waals surface area (Å²) in [5.74, 6) is 2.54. The van der Waals surface area contributed by atoms with Gasteiger partial charge in [-0.25, -0.2) is 0 Å². The molecule has 3 saturated carbocycles. The van der Waals surface area contributed by atoms with Crippen molar-refractivity contribution in [2.75, 3.05) is 0 Å². The molecule has 0 aromatic carbocycles. The first-order chi connectivity index (χ1) is 14.2. The number of rotatable bonds is 2. The second-order valence-corrected chi connectivity index (χ2v) is 12.1. The summed E-state index contributed by atoms with van der Waals surface area (Å²) in [5, 5.41) is 0. The van der Waals surface area contributed by atoms with Crippen LogP contribution in [0.1, 0.15) is 85.5 Å². The van der Waals surface area contributed by atoms with Crippen LogP contribution in [0.25, 0.3) is 0 Å². The Morgan fingerprint density at radius 2 is 1.52 bits per heavy atom. The lowest BCUT2D eigenvalue weighted by atomic mass is 9.64. The normalized spacial score (nSPS) is 40.4. The van der Waals surface area contributed by atoms with E-state index in [1.807, 2.05) is 0 Å². The van der Waals surface area contributed by atoms with Gasteiger partial charge in [0, 0.05) is 17.3 Å². The maximum absolute atomic E-state index is 12.4. The monoisotopic (exact) mass is 464 g/mol. The average molecular weight is 465 g/mol. The minimum Gasteiger partial charge on any atom is -0.380 e. The van der Waals surface area contributed by atoms with Gasteiger partial charge in [-0.1, -0.05) is 53.4 Å². The van der Waals surface area contributed by atoms with Crippen LogP contribution < -0.4 is 0 Å². The molecule has 0 aromatic rings. The standard InChI is InChI=1S/C12H17F3O3S.C11H18O/c1-8-4-3-7-11(2)9(8)5-6-10(11)18-19(16,17)12(13,14)15;1-8-4-3-7-11(2)9(8)5-6-10(11)12/h6,8-9H,3-5,7H2,1-2H3;8-9H,3-7H2,1-2H3/t2*8-,9+,11+/m11/s1. The largest absolute Gasteiger partial charge is 0.534 e. The lowest BCUT2D eigenvalue weighted by Gasteiger charge is -2.41. The molecule has 0 unspecified atom stereocenters. The molecule has 0 heterocycles. The molecule has 0 radical (unpaired) electrons. The van der Waals surface area contributed by atoms with Gasteiger partial charge in [0.15, 0.2) is 0 Å². The summed E-state index contributed by atoms with van der Waals surface area (Å²) in [4.78, 5) is 11.7. The predicted octanol–water partition coefficient (Wildman–Crippen LogP) is 6.37. The molecule has 0 aliphatic heterocycles. The molecule has 4 aliphatic carbocycles. The molecule has 8 heteroatoms. The molecule has 4 rings (SSSR count). The summed E-state index contributed by atoms with van der Waals surface area (Å²) in [6.45, 7) is 8.37. The molecule has 0 N–H and O–H groups in total. The third-order valence-corrected chi connectivity index (χ3v) is 9.61. The van der Waals surface area contributed by atoms with Crippen LogP contribution in [0.3, 0.4) is 0 Å². The van der Waals surface area contributed by atoms with E-state index in [-0.39, 0.29) is 17.1 Å². The van der Waals surface area contributed by atoms with Crippen molar-refractivity contribution in [1.82, 2.24) is 0 Å². The first kappa shape index (κ1) is 24.6. The van der Waals surface area contributed by atoms with E-state index in [1.54, 1.807) is 6.92 Å². The van der Waals surface area contributed by atoms with Crippen molar-refractivity contribution >= 4 is 15.9 Å². The van der Waals surface area contributed by atoms with Gasteiger partial charge < -0.3 is 4.18 Å². The van der Waals surface area contributed by atoms with Crippen molar-refractivity contribution in [2.45, 2.75) is 91.0 Å². The SMILES string of the molecule is C[C@@H]1CCC[C@]2(C)C(=O)CC[C@@H]12.C[C@@H]1CCC[C@]2(C)C(OS(=O)(=O)C(F)(F)F)=CC[C@@H]12. The van der Waals surface area contributed by atoms with E-state index in [0.29, 0.717) is 30.5 Å². The molecule has 178 valence electrons. The zero-order valence-corrected chi connectivity index (χ0v) is 19.7. The summed E-state index contributed by atoms with van der Waals surface area (Å²) < 4.78 is 63.7. The Kier molecular flexibility index (Phi) is 6.65. The van der Waals surface area contributed by atoms with Crippen LogP contribution in [-0.4, -0.2) is 19.7 Å². The fraction of sp³-hybridized carbons (Fsp3) is 0.870. The molecule has 0 spiro atoms. The highest BCUT2D eigenvalue weighted by molar-refractivity contribution is 7.87. The Labute approximate surface area is 184 Å². The number of halogens is 3. The Balaban J connectivity index is 0.000000194. The van der Waals surface area contributed by atoms with Gasteiger partial charge in [0.05, 0.1) is 0 Å². The minimum atomic E-state index is -5.56. The van der Waals surface area contributed by atoms with E-state index in [0.717, 1.165) is 38.0 Å². The van der Waals surface area contributed by atoms with Crippen molar-refractivity contribution in [3.8, 4) is 0 Å². The third kappa shape index (κ3) is 4.42. The number of Topliss-reactive ketones (excluding diaryl/α,β-unsaturated/α-hetero) is 1. The summed E-state index contributed by atoms with van der Waals surface area (Å²) in [6, 6.07) is 0. The quantitative estimate of drug-likeness (QED) is 0.352. The Bertz CT molecular complexity index is 834. The van der Waals surface area contributed by atoms with Crippen LogP contribution >= 0.6 is 0 Å². The van der Waals surface area contributed by atoms with Gasteiger partial charge >= 0.3 is 15.6 Å². The molecule has 4 nitrogen and oxygen atoms in total. The smallest absolute Gasteiger partial charge is 0.380 e. The van der Waals surface area contributed by atoms with Crippen molar-refractivity contribution in [3.63, 3.8) is 0 Å². The van der Waals surface area contributed by atoms with Crippen molar-refractivity contribution in [2.24, 2.45) is 34.5 Å². The highest BCUT2D eigenvalue weighted by Gasteiger charge is 2.54. The Hall–Kier alpha value is -1.05. The molecule has 6 atom stereocenters. The van der Waals surface area contributed by atoms with Crippen LogP contribution in [0.5, 0.6) is 0 Å². The minimum absolute atomic E-state index is 0.0265. The molecule has 0 bridgehead atoms. The van der Waals surface area contributed by atoms with Gasteiger partial charge in [-0.2, -0.15) is 21.6 Å². The Morgan fingerprint density at radius 3 is 2.06 bits per heavy atom. The second kappa shape index (κ2) is 8.38. The van der Waals surface area contributed by atoms with Gasteiger partial charge in [-0.3, -0.25) is 4.79 Å². The van der Waals surface area contributed by atoms with E-state index < -0.39 is 21.0 Å². The highest BCUT2D eigenvalue weighted by atomic mass is 32.2. The third-order valence-electron chi connectivity index (χ3n) is 8.64. The number of hydrogen-bond acceptors (Lipinski definition) is 4. The van der Waals surface area contributed by atoms with E-state index in [4.69, 9.17) is 0 Å². The van der Waals surface area contributed by atoms with Crippen molar-refractivity contribution < 1.29 is 30.6 Å². The fourth-order valence-corrected chi connectivity index (χ4v) is 7.28. The maximum Gasteiger partial charge on any atom is 0.534 e. The maximum atomic E-state index is 12.4. The molecule has 0 aromatic heterocycles. The number of hydrogen-bond donors (Lipinski definition) is 0. The molecular weight excluding hydrogens is 429 g/mol. The topological polar surface area (TPSA) is 60.4 Å². The van der Waals surface area contributed by atoms with E-state index in [2.05, 4.69) is 25.0 Å². The lowest BCUT2D eigenvalue weighted by Crippen LogP contribution is -2.36. The van der Waals surface area contributed by atoms with Crippen LogP contribution in [0.2, 0.25) is 0 Å². The summed E-state index contributed by atoms with van der Waals surface area (Å²) in [7, 11) is -5.56. The molecule has 31 heavy (non-hydrogen) atoms.